The maximum Gasteiger partial charge on any atom is 0.338 e. The van der Waals surface area contributed by atoms with E-state index in [1.807, 2.05) is 30.3 Å². The van der Waals surface area contributed by atoms with Crippen molar-refractivity contribution >= 4 is 27.6 Å². The van der Waals surface area contributed by atoms with Crippen LogP contribution >= 0.6 is 0 Å². The number of benzene rings is 3. The molecule has 0 bridgehead atoms. The molecule has 0 aliphatic rings. The summed E-state index contributed by atoms with van der Waals surface area (Å²) in [4.78, 5) is 24.4. The van der Waals surface area contributed by atoms with Crippen LogP contribution in [-0.2, 0) is 19.6 Å². The number of amides is 1. The predicted octanol–water partition coefficient (Wildman–Crippen LogP) is 3.53. The van der Waals surface area contributed by atoms with Gasteiger partial charge in [-0.3, -0.25) is 4.79 Å². The van der Waals surface area contributed by atoms with E-state index in [0.29, 0.717) is 11.4 Å². The first-order valence-corrected chi connectivity index (χ1v) is 11.5. The Morgan fingerprint density at radius 3 is 2.30 bits per heavy atom. The summed E-state index contributed by atoms with van der Waals surface area (Å²) in [5, 5.41) is 2.60. The van der Waals surface area contributed by atoms with Gasteiger partial charge in [0.1, 0.15) is 5.75 Å². The third-order valence-corrected chi connectivity index (χ3v) is 6.26. The molecule has 3 rings (SSSR count). The molecule has 3 aromatic carbocycles. The first-order chi connectivity index (χ1) is 15.8. The summed E-state index contributed by atoms with van der Waals surface area (Å²) in [6, 6.07) is 20.8. The molecule has 0 saturated heterocycles. The van der Waals surface area contributed by atoms with E-state index in [0.717, 1.165) is 5.56 Å². The third kappa shape index (κ3) is 6.64. The molecule has 2 N–H and O–H groups in total. The average molecular weight is 469 g/mol. The summed E-state index contributed by atoms with van der Waals surface area (Å²) in [5.41, 5.74) is 1.34. The number of sulfonamides is 1. The van der Waals surface area contributed by atoms with Gasteiger partial charge in [0.25, 0.3) is 5.91 Å². The minimum Gasteiger partial charge on any atom is -0.497 e. The highest BCUT2D eigenvalue weighted by molar-refractivity contribution is 7.89. The van der Waals surface area contributed by atoms with Crippen LogP contribution in [0.1, 0.15) is 28.9 Å². The first-order valence-electron chi connectivity index (χ1n) is 10.1. The molecule has 0 spiro atoms. The highest BCUT2D eigenvalue weighted by Crippen LogP contribution is 2.18. The summed E-state index contributed by atoms with van der Waals surface area (Å²) in [7, 11) is -2.35. The predicted molar refractivity (Wildman–Crippen MR) is 124 cm³/mol. The van der Waals surface area contributed by atoms with Crippen molar-refractivity contribution < 1.29 is 27.5 Å². The van der Waals surface area contributed by atoms with E-state index >= 15 is 0 Å². The Kier molecular flexibility index (Phi) is 7.81. The van der Waals surface area contributed by atoms with Gasteiger partial charge in [0.2, 0.25) is 10.0 Å². The van der Waals surface area contributed by atoms with E-state index in [2.05, 4.69) is 10.0 Å². The average Bonchev–Trinajstić information content (AvgIpc) is 2.83. The number of anilines is 1. The van der Waals surface area contributed by atoms with E-state index in [-0.39, 0.29) is 10.5 Å². The van der Waals surface area contributed by atoms with E-state index in [4.69, 9.17) is 9.47 Å². The molecule has 0 saturated carbocycles. The molecule has 0 aromatic heterocycles. The summed E-state index contributed by atoms with van der Waals surface area (Å²) in [6.45, 7) is 1.21. The summed E-state index contributed by atoms with van der Waals surface area (Å²) < 4.78 is 38.2. The van der Waals surface area contributed by atoms with Crippen LogP contribution in [0.2, 0.25) is 0 Å². The number of methoxy groups -OCH3 is 1. The van der Waals surface area contributed by atoms with Crippen molar-refractivity contribution in [3.05, 3.63) is 90.0 Å². The third-order valence-electron chi connectivity index (χ3n) is 4.72. The number of hydrogen-bond acceptors (Lipinski definition) is 6. The van der Waals surface area contributed by atoms with Crippen molar-refractivity contribution in [1.29, 1.82) is 0 Å². The molecule has 9 heteroatoms. The number of carbonyl (C=O) groups excluding carboxylic acids is 2. The van der Waals surface area contributed by atoms with Gasteiger partial charge in [-0.25, -0.2) is 17.9 Å². The number of carbonyl (C=O) groups is 2. The van der Waals surface area contributed by atoms with E-state index < -0.39 is 34.5 Å². The number of esters is 1. The fraction of sp³-hybridized carbons (Fsp3) is 0.167. The fourth-order valence-electron chi connectivity index (χ4n) is 2.99. The molecule has 0 fully saturated rings. The van der Waals surface area contributed by atoms with Crippen LogP contribution in [0.3, 0.4) is 0 Å². The van der Waals surface area contributed by atoms with Crippen molar-refractivity contribution in [2.45, 2.75) is 17.9 Å². The van der Waals surface area contributed by atoms with Crippen molar-refractivity contribution in [2.24, 2.45) is 0 Å². The van der Waals surface area contributed by atoms with Crippen LogP contribution < -0.4 is 14.8 Å². The second-order valence-electron chi connectivity index (χ2n) is 7.13. The molecule has 3 aromatic rings. The fourth-order valence-corrected chi connectivity index (χ4v) is 4.26. The highest BCUT2D eigenvalue weighted by atomic mass is 32.2. The van der Waals surface area contributed by atoms with E-state index in [1.54, 1.807) is 31.2 Å². The van der Waals surface area contributed by atoms with Crippen LogP contribution in [-0.4, -0.2) is 34.0 Å². The molecular formula is C24H24N2O6S. The van der Waals surface area contributed by atoms with Crippen LogP contribution in [0.5, 0.6) is 5.75 Å². The van der Waals surface area contributed by atoms with Gasteiger partial charge in [0, 0.05) is 11.7 Å². The number of hydrogen-bond donors (Lipinski definition) is 2. The van der Waals surface area contributed by atoms with E-state index in [1.165, 1.54) is 31.4 Å². The monoisotopic (exact) mass is 468 g/mol. The molecule has 0 aliphatic carbocycles. The van der Waals surface area contributed by atoms with Gasteiger partial charge in [0.05, 0.1) is 17.6 Å². The minimum atomic E-state index is -3.89. The molecule has 0 heterocycles. The van der Waals surface area contributed by atoms with Crippen LogP contribution in [0, 0.1) is 0 Å². The van der Waals surface area contributed by atoms with Gasteiger partial charge in [0.15, 0.2) is 6.61 Å². The SMILES string of the molecule is COc1ccc(NC(=O)COC(=O)c2cccc(S(=O)(=O)N[C@@H](C)c3ccccc3)c2)cc1. The summed E-state index contributed by atoms with van der Waals surface area (Å²) in [5.74, 6) is -0.703. The normalized spacial score (nSPS) is 11.9. The number of rotatable bonds is 9. The van der Waals surface area contributed by atoms with Gasteiger partial charge in [-0.1, -0.05) is 36.4 Å². The Hall–Kier alpha value is -3.69. The Morgan fingerprint density at radius 2 is 1.64 bits per heavy atom. The second-order valence-corrected chi connectivity index (χ2v) is 8.85. The zero-order valence-corrected chi connectivity index (χ0v) is 19.0. The summed E-state index contributed by atoms with van der Waals surface area (Å²) >= 11 is 0. The lowest BCUT2D eigenvalue weighted by atomic mass is 10.1. The molecule has 1 atom stereocenters. The molecule has 1 amide bonds. The number of ether oxygens (including phenoxy) is 2. The molecule has 172 valence electrons. The zero-order valence-electron chi connectivity index (χ0n) is 18.1. The quantitative estimate of drug-likeness (QED) is 0.465. The molecule has 33 heavy (non-hydrogen) atoms. The lowest BCUT2D eigenvalue weighted by molar-refractivity contribution is -0.119. The lowest BCUT2D eigenvalue weighted by Crippen LogP contribution is -2.27. The van der Waals surface area contributed by atoms with Crippen molar-refractivity contribution in [2.75, 3.05) is 19.0 Å². The van der Waals surface area contributed by atoms with Crippen molar-refractivity contribution in [3.63, 3.8) is 0 Å². The first kappa shape index (κ1) is 24.0. The molecule has 0 radical (unpaired) electrons. The second kappa shape index (κ2) is 10.8. The van der Waals surface area contributed by atoms with Gasteiger partial charge >= 0.3 is 5.97 Å². The van der Waals surface area contributed by atoms with Gasteiger partial charge in [-0.2, -0.15) is 0 Å². The largest absolute Gasteiger partial charge is 0.497 e. The van der Waals surface area contributed by atoms with Crippen molar-refractivity contribution in [3.8, 4) is 5.75 Å². The highest BCUT2D eigenvalue weighted by Gasteiger charge is 2.20. The number of nitrogens with one attached hydrogen (secondary N) is 2. The Balaban J connectivity index is 1.60. The Morgan fingerprint density at radius 1 is 0.939 bits per heavy atom. The van der Waals surface area contributed by atoms with Crippen LogP contribution in [0.4, 0.5) is 5.69 Å². The molecule has 0 aliphatic heterocycles. The van der Waals surface area contributed by atoms with Gasteiger partial charge in [-0.15, -0.1) is 0 Å². The minimum absolute atomic E-state index is 0.0162. The summed E-state index contributed by atoms with van der Waals surface area (Å²) in [6.07, 6.45) is 0. The van der Waals surface area contributed by atoms with Crippen molar-refractivity contribution in [1.82, 2.24) is 4.72 Å². The maximum absolute atomic E-state index is 12.8. The Labute approximate surface area is 192 Å². The standard InChI is InChI=1S/C24H24N2O6S/c1-17(18-7-4-3-5-8-18)26-33(29,30)22-10-6-9-19(15-22)24(28)32-16-23(27)25-20-11-13-21(31-2)14-12-20/h3-15,17,26H,16H2,1-2H3,(H,25,27)/t17-/m0/s1. The van der Waals surface area contributed by atoms with E-state index in [9.17, 15) is 18.0 Å². The molecule has 0 unspecified atom stereocenters. The topological polar surface area (TPSA) is 111 Å². The van der Waals surface area contributed by atoms with Gasteiger partial charge < -0.3 is 14.8 Å². The lowest BCUT2D eigenvalue weighted by Gasteiger charge is -2.15. The maximum atomic E-state index is 12.8. The van der Waals surface area contributed by atoms with Crippen LogP contribution in [0.25, 0.3) is 0 Å². The molecular weight excluding hydrogens is 444 g/mol. The van der Waals surface area contributed by atoms with Gasteiger partial charge in [-0.05, 0) is 55.0 Å². The Bertz CT molecular complexity index is 1210. The zero-order chi connectivity index (χ0) is 23.8. The smallest absolute Gasteiger partial charge is 0.338 e. The van der Waals surface area contributed by atoms with Crippen LogP contribution in [0.15, 0.2) is 83.8 Å². The molecule has 8 nitrogen and oxygen atoms in total.